The van der Waals surface area contributed by atoms with E-state index in [1.165, 1.54) is 32.1 Å². The molecule has 1 rings (SSSR count). The van der Waals surface area contributed by atoms with Crippen molar-refractivity contribution in [1.29, 1.82) is 0 Å². The summed E-state index contributed by atoms with van der Waals surface area (Å²) in [5.74, 6) is 0.813. The third-order valence-corrected chi connectivity index (χ3v) is 3.48. The fourth-order valence-corrected chi connectivity index (χ4v) is 2.54. The van der Waals surface area contributed by atoms with Gasteiger partial charge in [0.1, 0.15) is 0 Å². The highest BCUT2D eigenvalue weighted by molar-refractivity contribution is 4.75. The first-order valence-electron chi connectivity index (χ1n) is 6.62. The van der Waals surface area contributed by atoms with E-state index in [0.29, 0.717) is 12.1 Å². The molecule has 0 amide bonds. The molecule has 2 nitrogen and oxygen atoms in total. The molecule has 3 unspecified atom stereocenters. The first kappa shape index (κ1) is 13.0. The molecule has 0 aliphatic heterocycles. The van der Waals surface area contributed by atoms with Gasteiger partial charge in [-0.15, -0.1) is 0 Å². The van der Waals surface area contributed by atoms with Crippen LogP contribution in [0.5, 0.6) is 0 Å². The third kappa shape index (κ3) is 4.52. The van der Waals surface area contributed by atoms with E-state index in [4.69, 9.17) is 4.74 Å². The van der Waals surface area contributed by atoms with Crippen LogP contribution in [0.3, 0.4) is 0 Å². The van der Waals surface area contributed by atoms with Crippen molar-refractivity contribution in [1.82, 2.24) is 5.32 Å². The summed E-state index contributed by atoms with van der Waals surface area (Å²) in [6.07, 6.45) is 7.22. The molecule has 1 fully saturated rings. The Morgan fingerprint density at radius 2 is 2.00 bits per heavy atom. The van der Waals surface area contributed by atoms with E-state index in [1.807, 2.05) is 0 Å². The maximum absolute atomic E-state index is 6.04. The van der Waals surface area contributed by atoms with Gasteiger partial charge in [0.05, 0.1) is 12.7 Å². The summed E-state index contributed by atoms with van der Waals surface area (Å²) in [4.78, 5) is 0. The molecule has 0 bridgehead atoms. The van der Waals surface area contributed by atoms with Gasteiger partial charge in [0.2, 0.25) is 0 Å². The Kier molecular flexibility index (Phi) is 6.26. The minimum absolute atomic E-state index is 0.495. The Morgan fingerprint density at radius 1 is 1.27 bits per heavy atom. The van der Waals surface area contributed by atoms with E-state index in [-0.39, 0.29) is 0 Å². The topological polar surface area (TPSA) is 21.3 Å². The average molecular weight is 213 g/mol. The molecule has 1 saturated carbocycles. The lowest BCUT2D eigenvalue weighted by atomic mass is 9.85. The molecule has 0 aromatic rings. The molecule has 0 heterocycles. The zero-order valence-electron chi connectivity index (χ0n) is 10.6. The van der Waals surface area contributed by atoms with Crippen LogP contribution >= 0.6 is 0 Å². The van der Waals surface area contributed by atoms with E-state index < -0.39 is 0 Å². The van der Waals surface area contributed by atoms with Crippen molar-refractivity contribution in [3.63, 3.8) is 0 Å². The highest BCUT2D eigenvalue weighted by Gasteiger charge is 2.24. The van der Waals surface area contributed by atoms with Gasteiger partial charge in [-0.3, -0.25) is 0 Å². The van der Waals surface area contributed by atoms with Crippen molar-refractivity contribution in [2.24, 2.45) is 5.92 Å². The lowest BCUT2D eigenvalue weighted by Gasteiger charge is -2.31. The molecule has 0 aromatic carbocycles. The Morgan fingerprint density at radius 3 is 2.67 bits per heavy atom. The van der Waals surface area contributed by atoms with Crippen LogP contribution in [-0.2, 0) is 4.74 Å². The minimum atomic E-state index is 0.495. The van der Waals surface area contributed by atoms with Crippen LogP contribution in [0.4, 0.5) is 0 Å². The zero-order chi connectivity index (χ0) is 11.1. The molecule has 0 spiro atoms. The number of hydrogen-bond donors (Lipinski definition) is 1. The quantitative estimate of drug-likeness (QED) is 0.732. The predicted molar refractivity (Wildman–Crippen MR) is 65.1 cm³/mol. The summed E-state index contributed by atoms with van der Waals surface area (Å²) in [5.41, 5.74) is 0. The van der Waals surface area contributed by atoms with Crippen molar-refractivity contribution >= 4 is 0 Å². The summed E-state index contributed by atoms with van der Waals surface area (Å²) in [6.45, 7) is 8.54. The molecule has 0 radical (unpaired) electrons. The summed E-state index contributed by atoms with van der Waals surface area (Å²) < 4.78 is 6.04. The van der Waals surface area contributed by atoms with Gasteiger partial charge >= 0.3 is 0 Å². The van der Waals surface area contributed by atoms with E-state index in [0.717, 1.165) is 19.1 Å². The molecule has 1 aliphatic rings. The fraction of sp³-hybridized carbons (Fsp3) is 1.00. The van der Waals surface area contributed by atoms with Gasteiger partial charge in [-0.1, -0.05) is 33.1 Å². The number of hydrogen-bond acceptors (Lipinski definition) is 2. The second-order valence-electron chi connectivity index (χ2n) is 4.78. The zero-order valence-corrected chi connectivity index (χ0v) is 10.6. The summed E-state index contributed by atoms with van der Waals surface area (Å²) in [7, 11) is 0. The summed E-state index contributed by atoms with van der Waals surface area (Å²) >= 11 is 0. The second-order valence-corrected chi connectivity index (χ2v) is 4.78. The molecule has 90 valence electrons. The highest BCUT2D eigenvalue weighted by Crippen LogP contribution is 2.29. The van der Waals surface area contributed by atoms with E-state index in [9.17, 15) is 0 Å². The minimum Gasteiger partial charge on any atom is -0.376 e. The van der Waals surface area contributed by atoms with Gasteiger partial charge in [0, 0.05) is 6.04 Å². The summed E-state index contributed by atoms with van der Waals surface area (Å²) in [6, 6.07) is 0.495. The Balaban J connectivity index is 2.22. The monoisotopic (exact) mass is 213 g/mol. The standard InChI is InChI=1S/C13H27NO/c1-4-12-8-6-7-9-13(12)15-10-11(3)14-5-2/h11-14H,4-10H2,1-3H3. The van der Waals surface area contributed by atoms with Crippen molar-refractivity contribution < 1.29 is 4.74 Å². The smallest absolute Gasteiger partial charge is 0.0620 e. The van der Waals surface area contributed by atoms with Crippen molar-refractivity contribution in [3.05, 3.63) is 0 Å². The van der Waals surface area contributed by atoms with Gasteiger partial charge in [0.25, 0.3) is 0 Å². The van der Waals surface area contributed by atoms with Crippen molar-refractivity contribution in [3.8, 4) is 0 Å². The van der Waals surface area contributed by atoms with Crippen molar-refractivity contribution in [2.45, 2.75) is 65.0 Å². The predicted octanol–water partition coefficient (Wildman–Crippen LogP) is 2.97. The van der Waals surface area contributed by atoms with Gasteiger partial charge in [-0.25, -0.2) is 0 Å². The van der Waals surface area contributed by atoms with E-state index in [2.05, 4.69) is 26.1 Å². The SMILES string of the molecule is CCNC(C)COC1CCCCC1CC. The number of ether oxygens (including phenoxy) is 1. The molecular formula is C13H27NO. The Hall–Kier alpha value is -0.0800. The van der Waals surface area contributed by atoms with Gasteiger partial charge in [-0.2, -0.15) is 0 Å². The number of rotatable bonds is 6. The molecule has 0 saturated heterocycles. The molecule has 1 aliphatic carbocycles. The maximum atomic E-state index is 6.04. The molecule has 2 heteroatoms. The number of nitrogens with one attached hydrogen (secondary N) is 1. The fourth-order valence-electron chi connectivity index (χ4n) is 2.54. The molecule has 15 heavy (non-hydrogen) atoms. The average Bonchev–Trinajstić information content (AvgIpc) is 2.27. The third-order valence-electron chi connectivity index (χ3n) is 3.48. The first-order chi connectivity index (χ1) is 7.27. The van der Waals surface area contributed by atoms with Gasteiger partial charge < -0.3 is 10.1 Å². The van der Waals surface area contributed by atoms with Crippen LogP contribution in [0, 0.1) is 5.92 Å². The van der Waals surface area contributed by atoms with Gasteiger partial charge in [0.15, 0.2) is 0 Å². The van der Waals surface area contributed by atoms with Crippen molar-refractivity contribution in [2.75, 3.05) is 13.2 Å². The Bertz CT molecular complexity index is 161. The molecule has 1 N–H and O–H groups in total. The normalized spacial score (nSPS) is 29.0. The largest absolute Gasteiger partial charge is 0.376 e. The molecule has 0 aromatic heterocycles. The van der Waals surface area contributed by atoms with E-state index in [1.54, 1.807) is 0 Å². The lowest BCUT2D eigenvalue weighted by molar-refractivity contribution is -0.0194. The van der Waals surface area contributed by atoms with Gasteiger partial charge in [-0.05, 0) is 32.2 Å². The lowest BCUT2D eigenvalue weighted by Crippen LogP contribution is -2.35. The first-order valence-corrected chi connectivity index (χ1v) is 6.62. The molecule has 3 atom stereocenters. The van der Waals surface area contributed by atoms with Crippen LogP contribution < -0.4 is 5.32 Å². The Labute approximate surface area is 94.8 Å². The summed E-state index contributed by atoms with van der Waals surface area (Å²) in [5, 5.41) is 3.39. The van der Waals surface area contributed by atoms with E-state index >= 15 is 0 Å². The van der Waals surface area contributed by atoms with Crippen LogP contribution in [-0.4, -0.2) is 25.3 Å². The van der Waals surface area contributed by atoms with Crippen LogP contribution in [0.25, 0.3) is 0 Å². The van der Waals surface area contributed by atoms with Crippen LogP contribution in [0.1, 0.15) is 52.9 Å². The highest BCUT2D eigenvalue weighted by atomic mass is 16.5. The number of likely N-dealkylation sites (N-methyl/N-ethyl adjacent to an activating group) is 1. The van der Waals surface area contributed by atoms with Crippen LogP contribution in [0.2, 0.25) is 0 Å². The second kappa shape index (κ2) is 7.24. The van der Waals surface area contributed by atoms with Crippen LogP contribution in [0.15, 0.2) is 0 Å². The maximum Gasteiger partial charge on any atom is 0.0620 e. The molecular weight excluding hydrogens is 186 g/mol.